The minimum atomic E-state index is 0.506. The number of pyridine rings is 1. The van der Waals surface area contributed by atoms with Crippen LogP contribution in [0.4, 0.5) is 0 Å². The van der Waals surface area contributed by atoms with Crippen molar-refractivity contribution in [3.8, 4) is 5.75 Å². The van der Waals surface area contributed by atoms with Crippen LogP contribution in [0.25, 0.3) is 0 Å². The third kappa shape index (κ3) is 2.08. The van der Waals surface area contributed by atoms with Gasteiger partial charge in [0.1, 0.15) is 0 Å². The van der Waals surface area contributed by atoms with Crippen LogP contribution < -0.4 is 4.74 Å². The first-order chi connectivity index (χ1) is 6.20. The van der Waals surface area contributed by atoms with E-state index in [1.54, 1.807) is 14.2 Å². The van der Waals surface area contributed by atoms with Crippen LogP contribution >= 0.6 is 12.2 Å². The van der Waals surface area contributed by atoms with Crippen LogP contribution in [-0.4, -0.2) is 19.2 Å². The summed E-state index contributed by atoms with van der Waals surface area (Å²) >= 11 is 5.22. The predicted molar refractivity (Wildman–Crippen MR) is 53.6 cm³/mol. The number of aromatic nitrogens is 1. The van der Waals surface area contributed by atoms with Gasteiger partial charge in [-0.15, -0.1) is 0 Å². The van der Waals surface area contributed by atoms with E-state index >= 15 is 0 Å². The van der Waals surface area contributed by atoms with Gasteiger partial charge in [-0.1, -0.05) is 12.2 Å². The molecule has 0 aliphatic rings. The fourth-order valence-corrected chi connectivity index (χ4v) is 1.51. The molecule has 3 nitrogen and oxygen atoms in total. The SMILES string of the molecule is COCc1c[nH]c(C)c(OC)c1=S. The molecule has 1 heterocycles. The third-order valence-electron chi connectivity index (χ3n) is 1.81. The molecule has 0 bridgehead atoms. The minimum Gasteiger partial charge on any atom is -0.493 e. The second-order valence-electron chi connectivity index (χ2n) is 2.73. The number of aromatic amines is 1. The first kappa shape index (κ1) is 10.2. The van der Waals surface area contributed by atoms with Gasteiger partial charge in [0.2, 0.25) is 0 Å². The van der Waals surface area contributed by atoms with Gasteiger partial charge < -0.3 is 14.5 Å². The summed E-state index contributed by atoms with van der Waals surface area (Å²) < 4.78 is 10.9. The molecule has 0 aliphatic carbocycles. The lowest BCUT2D eigenvalue weighted by Gasteiger charge is -2.07. The molecule has 0 aliphatic heterocycles. The average Bonchev–Trinajstić information content (AvgIpc) is 2.11. The van der Waals surface area contributed by atoms with Gasteiger partial charge in [-0.05, 0) is 6.92 Å². The van der Waals surface area contributed by atoms with Crippen molar-refractivity contribution in [1.29, 1.82) is 0 Å². The number of hydrogen-bond donors (Lipinski definition) is 1. The molecule has 0 saturated heterocycles. The fourth-order valence-electron chi connectivity index (χ4n) is 1.15. The fraction of sp³-hybridized carbons (Fsp3) is 0.444. The topological polar surface area (TPSA) is 34.2 Å². The molecule has 1 aromatic heterocycles. The van der Waals surface area contributed by atoms with E-state index in [1.165, 1.54) is 0 Å². The molecular formula is C9H13NO2S. The lowest BCUT2D eigenvalue weighted by Crippen LogP contribution is -1.97. The molecular weight excluding hydrogens is 186 g/mol. The van der Waals surface area contributed by atoms with Crippen molar-refractivity contribution in [2.45, 2.75) is 13.5 Å². The highest BCUT2D eigenvalue weighted by molar-refractivity contribution is 7.71. The smallest absolute Gasteiger partial charge is 0.156 e. The van der Waals surface area contributed by atoms with E-state index in [2.05, 4.69) is 4.98 Å². The molecule has 0 aromatic carbocycles. The Balaban J connectivity index is 3.20. The zero-order valence-electron chi connectivity index (χ0n) is 8.01. The summed E-state index contributed by atoms with van der Waals surface area (Å²) in [5.74, 6) is 0.726. The van der Waals surface area contributed by atoms with E-state index in [0.29, 0.717) is 6.61 Å². The Morgan fingerprint density at radius 1 is 1.46 bits per heavy atom. The zero-order valence-corrected chi connectivity index (χ0v) is 8.83. The van der Waals surface area contributed by atoms with E-state index in [-0.39, 0.29) is 0 Å². The molecule has 0 unspecified atom stereocenters. The second kappa shape index (κ2) is 4.39. The molecule has 0 radical (unpaired) electrons. The highest BCUT2D eigenvalue weighted by Crippen LogP contribution is 2.20. The van der Waals surface area contributed by atoms with Gasteiger partial charge >= 0.3 is 0 Å². The highest BCUT2D eigenvalue weighted by Gasteiger charge is 2.04. The van der Waals surface area contributed by atoms with Crippen LogP contribution in [0.2, 0.25) is 0 Å². The Morgan fingerprint density at radius 3 is 2.69 bits per heavy atom. The van der Waals surface area contributed by atoms with Crippen LogP contribution in [-0.2, 0) is 11.3 Å². The zero-order chi connectivity index (χ0) is 9.84. The van der Waals surface area contributed by atoms with Gasteiger partial charge in [-0.2, -0.15) is 0 Å². The molecule has 72 valence electrons. The molecule has 0 saturated carbocycles. The highest BCUT2D eigenvalue weighted by atomic mass is 32.1. The lowest BCUT2D eigenvalue weighted by atomic mass is 10.2. The number of methoxy groups -OCH3 is 2. The van der Waals surface area contributed by atoms with Crippen molar-refractivity contribution >= 4 is 12.2 Å². The number of H-pyrrole nitrogens is 1. The maximum atomic E-state index is 5.22. The van der Waals surface area contributed by atoms with Crippen molar-refractivity contribution in [2.24, 2.45) is 0 Å². The van der Waals surface area contributed by atoms with Crippen LogP contribution in [0.15, 0.2) is 6.20 Å². The Hall–Kier alpha value is -0.870. The summed E-state index contributed by atoms with van der Waals surface area (Å²) in [6, 6.07) is 0. The molecule has 13 heavy (non-hydrogen) atoms. The van der Waals surface area contributed by atoms with Crippen molar-refractivity contribution in [3.05, 3.63) is 22.0 Å². The summed E-state index contributed by atoms with van der Waals surface area (Å²) in [5.41, 5.74) is 1.88. The Bertz CT molecular complexity index is 346. The van der Waals surface area contributed by atoms with Gasteiger partial charge in [0.15, 0.2) is 5.75 Å². The number of ether oxygens (including phenoxy) is 2. The van der Waals surface area contributed by atoms with E-state index in [4.69, 9.17) is 21.7 Å². The summed E-state index contributed by atoms with van der Waals surface area (Å²) in [5, 5.41) is 0. The Kier molecular flexibility index (Phi) is 3.45. The minimum absolute atomic E-state index is 0.506. The Morgan fingerprint density at radius 2 is 2.15 bits per heavy atom. The predicted octanol–water partition coefficient (Wildman–Crippen LogP) is 2.21. The van der Waals surface area contributed by atoms with Crippen LogP contribution in [0, 0.1) is 11.4 Å². The first-order valence-corrected chi connectivity index (χ1v) is 4.35. The van der Waals surface area contributed by atoms with E-state index in [1.807, 2.05) is 13.1 Å². The summed E-state index contributed by atoms with van der Waals surface area (Å²) in [4.78, 5) is 3.07. The molecule has 4 heteroatoms. The van der Waals surface area contributed by atoms with Gasteiger partial charge in [0, 0.05) is 18.9 Å². The van der Waals surface area contributed by atoms with E-state index in [9.17, 15) is 0 Å². The molecule has 1 rings (SSSR count). The van der Waals surface area contributed by atoms with Crippen molar-refractivity contribution in [2.75, 3.05) is 14.2 Å². The average molecular weight is 199 g/mol. The van der Waals surface area contributed by atoms with Crippen LogP contribution in [0.5, 0.6) is 5.75 Å². The number of rotatable bonds is 3. The van der Waals surface area contributed by atoms with Gasteiger partial charge in [-0.3, -0.25) is 0 Å². The quantitative estimate of drug-likeness (QED) is 0.758. The monoisotopic (exact) mass is 199 g/mol. The largest absolute Gasteiger partial charge is 0.493 e. The summed E-state index contributed by atoms with van der Waals surface area (Å²) in [6.45, 7) is 2.43. The maximum Gasteiger partial charge on any atom is 0.156 e. The van der Waals surface area contributed by atoms with E-state index in [0.717, 1.165) is 21.5 Å². The standard InChI is InChI=1S/C9H13NO2S/c1-6-8(12-3)9(13)7(4-10-6)5-11-2/h4H,5H2,1-3H3,(H,10,13). The number of hydrogen-bond acceptors (Lipinski definition) is 3. The summed E-state index contributed by atoms with van der Waals surface area (Å²) in [7, 11) is 3.25. The number of nitrogens with one attached hydrogen (secondary N) is 1. The lowest BCUT2D eigenvalue weighted by molar-refractivity contribution is 0.184. The maximum absolute atomic E-state index is 5.22. The van der Waals surface area contributed by atoms with Gasteiger partial charge in [0.25, 0.3) is 0 Å². The summed E-state index contributed by atoms with van der Waals surface area (Å²) in [6.07, 6.45) is 1.85. The van der Waals surface area contributed by atoms with Crippen LogP contribution in [0.3, 0.4) is 0 Å². The molecule has 1 aromatic rings. The van der Waals surface area contributed by atoms with Crippen molar-refractivity contribution < 1.29 is 9.47 Å². The van der Waals surface area contributed by atoms with Gasteiger partial charge in [-0.25, -0.2) is 0 Å². The van der Waals surface area contributed by atoms with E-state index < -0.39 is 0 Å². The molecule has 0 atom stereocenters. The molecule has 0 amide bonds. The normalized spacial score (nSPS) is 10.1. The second-order valence-corrected chi connectivity index (χ2v) is 3.14. The molecule has 0 spiro atoms. The first-order valence-electron chi connectivity index (χ1n) is 3.94. The van der Waals surface area contributed by atoms with Crippen molar-refractivity contribution in [1.82, 2.24) is 4.98 Å². The van der Waals surface area contributed by atoms with Gasteiger partial charge in [0.05, 0.1) is 23.9 Å². The third-order valence-corrected chi connectivity index (χ3v) is 2.25. The molecule has 1 N–H and O–H groups in total. The van der Waals surface area contributed by atoms with Crippen molar-refractivity contribution in [3.63, 3.8) is 0 Å². The Labute approximate surface area is 82.7 Å². The molecule has 0 fully saturated rings. The number of aryl methyl sites for hydroxylation is 1. The van der Waals surface area contributed by atoms with Crippen LogP contribution in [0.1, 0.15) is 11.3 Å².